The average molecular weight is 815 g/mol. The van der Waals surface area contributed by atoms with E-state index in [1.165, 1.54) is 82.6 Å². The van der Waals surface area contributed by atoms with Crippen molar-refractivity contribution in [1.29, 1.82) is 0 Å². The van der Waals surface area contributed by atoms with Gasteiger partial charge in [0.15, 0.2) is 0 Å². The van der Waals surface area contributed by atoms with Crippen LogP contribution >= 0.6 is 0 Å². The number of rotatable bonds is 5. The van der Waals surface area contributed by atoms with Crippen LogP contribution in [0.1, 0.15) is 22.6 Å². The van der Waals surface area contributed by atoms with E-state index in [1.54, 1.807) is 0 Å². The van der Waals surface area contributed by atoms with E-state index in [0.29, 0.717) is 0 Å². The van der Waals surface area contributed by atoms with Gasteiger partial charge in [0.1, 0.15) is 11.2 Å². The number of benzene rings is 10. The Balaban J connectivity index is 0.971. The Hall–Kier alpha value is -8.40. The molecule has 0 bridgehead atoms. The zero-order valence-corrected chi connectivity index (χ0v) is 34.7. The smallest absolute Gasteiger partial charge is 0.136 e. The van der Waals surface area contributed by atoms with Crippen molar-refractivity contribution in [3.8, 4) is 44.8 Å². The molecule has 0 N–H and O–H groups in total. The van der Waals surface area contributed by atoms with Gasteiger partial charge in [-0.3, -0.25) is 0 Å². The Kier molecular flexibility index (Phi) is 7.46. The lowest BCUT2D eigenvalue weighted by atomic mass is 9.89. The van der Waals surface area contributed by atoms with Gasteiger partial charge in [-0.25, -0.2) is 0 Å². The highest BCUT2D eigenvalue weighted by Crippen LogP contribution is 2.50. The van der Waals surface area contributed by atoms with Gasteiger partial charge in [-0.05, 0) is 117 Å². The second-order valence-electron chi connectivity index (χ2n) is 17.2. The molecular formula is C61H38N2O. The lowest BCUT2D eigenvalue weighted by Crippen LogP contribution is -1.98. The maximum atomic E-state index is 6.63. The molecule has 10 aromatic carbocycles. The highest BCUT2D eigenvalue weighted by molar-refractivity contribution is 6.24. The van der Waals surface area contributed by atoms with E-state index in [2.05, 4.69) is 234 Å². The molecule has 0 aliphatic heterocycles. The second kappa shape index (κ2) is 13.5. The Bertz CT molecular complexity index is 4000. The molecule has 0 saturated carbocycles. The lowest BCUT2D eigenvalue weighted by Gasteiger charge is -2.14. The van der Waals surface area contributed by atoms with E-state index in [4.69, 9.17) is 4.42 Å². The van der Waals surface area contributed by atoms with Crippen LogP contribution in [0.15, 0.2) is 229 Å². The van der Waals surface area contributed by atoms with Gasteiger partial charge in [0, 0.05) is 49.6 Å². The van der Waals surface area contributed by atoms with Gasteiger partial charge in [-0.15, -0.1) is 0 Å². The molecule has 13 aromatic rings. The molecule has 0 amide bonds. The molecule has 1 atom stereocenters. The highest BCUT2D eigenvalue weighted by Gasteiger charge is 2.30. The fraction of sp³-hybridized carbons (Fsp3) is 0.0164. The second-order valence-corrected chi connectivity index (χ2v) is 17.2. The van der Waals surface area contributed by atoms with E-state index in [0.717, 1.165) is 44.4 Å². The summed E-state index contributed by atoms with van der Waals surface area (Å²) < 4.78 is 11.5. The van der Waals surface area contributed by atoms with Crippen molar-refractivity contribution in [3.63, 3.8) is 0 Å². The third kappa shape index (κ3) is 5.04. The number of hydrogen-bond donors (Lipinski definition) is 0. The fourth-order valence-corrected chi connectivity index (χ4v) is 11.0. The molecule has 0 spiro atoms. The van der Waals surface area contributed by atoms with Crippen LogP contribution in [-0.2, 0) is 0 Å². The van der Waals surface area contributed by atoms with E-state index in [1.807, 2.05) is 0 Å². The van der Waals surface area contributed by atoms with Gasteiger partial charge in [-0.1, -0.05) is 158 Å². The van der Waals surface area contributed by atoms with E-state index in [9.17, 15) is 0 Å². The number of para-hydroxylation sites is 3. The highest BCUT2D eigenvalue weighted by atomic mass is 16.3. The van der Waals surface area contributed by atoms with Crippen molar-refractivity contribution in [2.24, 2.45) is 0 Å². The van der Waals surface area contributed by atoms with Crippen molar-refractivity contribution in [2.75, 3.05) is 0 Å². The Morgan fingerprint density at radius 1 is 0.328 bits per heavy atom. The van der Waals surface area contributed by atoms with Gasteiger partial charge in [-0.2, -0.15) is 0 Å². The van der Waals surface area contributed by atoms with Crippen LogP contribution in [0.4, 0.5) is 0 Å². The normalized spacial score (nSPS) is 13.5. The SMILES string of the molecule is c1ccc(C2c3ccccc3-c3cc(-c4ccc5oc6cccc(-c7ccc8c(c7)c7ccc9c%10ccccc%10n(-c%10ccccc%10)c9c7n8-c7ccccc7)c6c5c4)ccc32)cc1. The standard InChI is InChI=1S/C61H38N2O/c1-4-15-38(16-5-1)58-47-23-11-10-21-45(47)51-35-39(27-30-48(51)58)40-29-34-56-53(36-40)59-44(24-14-26-57(59)64-56)41-28-33-55-52(37-41)50-32-31-49-46-22-12-13-25-54(46)62(42-17-6-2-7-18-42)60(49)61(50)63(55)43-19-8-3-9-20-43/h1-37,58H. The zero-order chi connectivity index (χ0) is 41.9. The summed E-state index contributed by atoms with van der Waals surface area (Å²) >= 11 is 0. The molecule has 298 valence electrons. The van der Waals surface area contributed by atoms with Crippen molar-refractivity contribution in [2.45, 2.75) is 5.92 Å². The number of furan rings is 1. The van der Waals surface area contributed by atoms with Crippen LogP contribution in [0.3, 0.4) is 0 Å². The first-order valence-corrected chi connectivity index (χ1v) is 22.1. The topological polar surface area (TPSA) is 23.0 Å². The predicted octanol–water partition coefficient (Wildman–Crippen LogP) is 16.3. The minimum absolute atomic E-state index is 0.225. The van der Waals surface area contributed by atoms with Gasteiger partial charge in [0.2, 0.25) is 0 Å². The first-order chi connectivity index (χ1) is 31.8. The van der Waals surface area contributed by atoms with Crippen LogP contribution in [0, 0.1) is 0 Å². The lowest BCUT2D eigenvalue weighted by molar-refractivity contribution is 0.669. The molecule has 0 fully saturated rings. The number of aromatic nitrogens is 2. The number of nitrogens with zero attached hydrogens (tertiary/aromatic N) is 2. The molecule has 0 radical (unpaired) electrons. The van der Waals surface area contributed by atoms with Crippen molar-refractivity contribution < 1.29 is 4.42 Å². The summed E-state index contributed by atoms with van der Waals surface area (Å²) in [5, 5.41) is 7.15. The maximum Gasteiger partial charge on any atom is 0.136 e. The fourth-order valence-electron chi connectivity index (χ4n) is 11.0. The van der Waals surface area contributed by atoms with Gasteiger partial charge in [0.25, 0.3) is 0 Å². The van der Waals surface area contributed by atoms with Crippen LogP contribution < -0.4 is 0 Å². The van der Waals surface area contributed by atoms with Gasteiger partial charge in [0.05, 0.1) is 22.1 Å². The minimum Gasteiger partial charge on any atom is -0.456 e. The van der Waals surface area contributed by atoms with Gasteiger partial charge >= 0.3 is 0 Å². The Morgan fingerprint density at radius 3 is 1.69 bits per heavy atom. The molecule has 3 heteroatoms. The van der Waals surface area contributed by atoms with E-state index < -0.39 is 0 Å². The summed E-state index contributed by atoms with van der Waals surface area (Å²) in [6.45, 7) is 0. The third-order valence-corrected chi connectivity index (χ3v) is 13.8. The van der Waals surface area contributed by atoms with Crippen LogP contribution in [0.5, 0.6) is 0 Å². The molecule has 14 rings (SSSR count). The molecule has 3 nitrogen and oxygen atoms in total. The molecular weight excluding hydrogens is 777 g/mol. The molecule has 0 saturated heterocycles. The molecule has 1 aliphatic rings. The summed E-state index contributed by atoms with van der Waals surface area (Å²) in [5.74, 6) is 0.225. The first-order valence-electron chi connectivity index (χ1n) is 22.1. The summed E-state index contributed by atoms with van der Waals surface area (Å²) in [6.07, 6.45) is 0. The minimum atomic E-state index is 0.225. The van der Waals surface area contributed by atoms with Crippen LogP contribution in [-0.4, -0.2) is 9.13 Å². The van der Waals surface area contributed by atoms with Crippen LogP contribution in [0.25, 0.3) is 110 Å². The molecule has 64 heavy (non-hydrogen) atoms. The number of fused-ring (bicyclic) bond motifs is 13. The maximum absolute atomic E-state index is 6.63. The van der Waals surface area contributed by atoms with Gasteiger partial charge < -0.3 is 13.6 Å². The molecule has 1 aliphatic carbocycles. The summed E-state index contributed by atoms with van der Waals surface area (Å²) in [4.78, 5) is 0. The largest absolute Gasteiger partial charge is 0.456 e. The molecule has 3 heterocycles. The van der Waals surface area contributed by atoms with E-state index in [-0.39, 0.29) is 5.92 Å². The Labute approximate surface area is 369 Å². The quantitative estimate of drug-likeness (QED) is 0.170. The van der Waals surface area contributed by atoms with Crippen LogP contribution in [0.2, 0.25) is 0 Å². The first kappa shape index (κ1) is 35.2. The van der Waals surface area contributed by atoms with E-state index >= 15 is 0 Å². The zero-order valence-electron chi connectivity index (χ0n) is 34.7. The Morgan fingerprint density at radius 2 is 0.906 bits per heavy atom. The van der Waals surface area contributed by atoms with Crippen molar-refractivity contribution in [3.05, 3.63) is 241 Å². The monoisotopic (exact) mass is 814 g/mol. The average Bonchev–Trinajstić information content (AvgIpc) is 4.10. The van der Waals surface area contributed by atoms with Crippen molar-refractivity contribution >= 4 is 65.6 Å². The molecule has 3 aromatic heterocycles. The third-order valence-electron chi connectivity index (χ3n) is 13.8. The predicted molar refractivity (Wildman–Crippen MR) is 266 cm³/mol. The van der Waals surface area contributed by atoms with Crippen molar-refractivity contribution in [1.82, 2.24) is 9.13 Å². The summed E-state index contributed by atoms with van der Waals surface area (Å²) in [7, 11) is 0. The number of hydrogen-bond acceptors (Lipinski definition) is 1. The summed E-state index contributed by atoms with van der Waals surface area (Å²) in [6, 6.07) is 82.1. The summed E-state index contributed by atoms with van der Waals surface area (Å²) in [5.41, 5.74) is 20.2. The molecule has 1 unspecified atom stereocenters.